The molecular weight excluding hydrogens is 424 g/mol. The second kappa shape index (κ2) is 8.31. The number of benzene rings is 3. The van der Waals surface area contributed by atoms with E-state index in [1.54, 1.807) is 23.1 Å². The predicted molar refractivity (Wildman–Crippen MR) is 123 cm³/mol. The number of halogens is 2. The summed E-state index contributed by atoms with van der Waals surface area (Å²) >= 11 is 0. The van der Waals surface area contributed by atoms with Crippen molar-refractivity contribution in [1.82, 2.24) is 9.88 Å². The Bertz CT molecular complexity index is 1370. The fraction of sp³-hybridized carbons (Fsp3) is 0.231. The van der Waals surface area contributed by atoms with Crippen LogP contribution in [0.5, 0.6) is 0 Å². The molecule has 33 heavy (non-hydrogen) atoms. The summed E-state index contributed by atoms with van der Waals surface area (Å²) in [4.78, 5) is 19.4. The molecule has 1 aliphatic rings. The van der Waals surface area contributed by atoms with Gasteiger partial charge in [0.15, 0.2) is 17.2 Å². The Hall–Kier alpha value is -3.74. The molecule has 1 N–H and O–H groups in total. The van der Waals surface area contributed by atoms with E-state index in [2.05, 4.69) is 10.3 Å². The molecule has 0 aliphatic carbocycles. The summed E-state index contributed by atoms with van der Waals surface area (Å²) in [6.45, 7) is 4.59. The number of nitrogens with one attached hydrogen (secondary N) is 1. The van der Waals surface area contributed by atoms with Gasteiger partial charge in [0.2, 0.25) is 5.89 Å². The van der Waals surface area contributed by atoms with Gasteiger partial charge in [-0.1, -0.05) is 29.8 Å². The van der Waals surface area contributed by atoms with Crippen molar-refractivity contribution in [3.63, 3.8) is 0 Å². The van der Waals surface area contributed by atoms with Crippen LogP contribution in [-0.2, 0) is 0 Å². The van der Waals surface area contributed by atoms with E-state index in [1.165, 1.54) is 6.07 Å². The fourth-order valence-corrected chi connectivity index (χ4v) is 4.35. The Kier molecular flexibility index (Phi) is 5.32. The minimum atomic E-state index is -0.898. The van der Waals surface area contributed by atoms with Crippen LogP contribution >= 0.6 is 0 Å². The summed E-state index contributed by atoms with van der Waals surface area (Å²) in [7, 11) is 0. The third kappa shape index (κ3) is 4.06. The van der Waals surface area contributed by atoms with Gasteiger partial charge < -0.3 is 14.6 Å². The van der Waals surface area contributed by atoms with E-state index in [-0.39, 0.29) is 12.1 Å². The maximum atomic E-state index is 13.7. The number of aryl methyl sites for hydroxylation is 2. The van der Waals surface area contributed by atoms with Crippen LogP contribution in [0.15, 0.2) is 59.0 Å². The standard InChI is InChI=1S/C26H23F2N3O2/c1-15-5-9-21(16(2)12-15)30-26(32)31-11-3-4-23(31)25-29-22-14-18(7-10-24(22)33-25)17-6-8-19(27)20(28)13-17/h5-10,12-14,23H,3-4,11H2,1-2H3,(H,30,32). The molecule has 0 saturated carbocycles. The molecule has 2 heterocycles. The number of oxazole rings is 1. The highest BCUT2D eigenvalue weighted by Crippen LogP contribution is 2.35. The van der Waals surface area contributed by atoms with E-state index < -0.39 is 11.6 Å². The first-order valence-corrected chi connectivity index (χ1v) is 10.9. The molecular formula is C26H23F2N3O2. The molecule has 1 unspecified atom stereocenters. The first kappa shape index (κ1) is 21.1. The van der Waals surface area contributed by atoms with Crippen LogP contribution in [-0.4, -0.2) is 22.5 Å². The number of fused-ring (bicyclic) bond motifs is 1. The molecule has 5 nitrogen and oxygen atoms in total. The van der Waals surface area contributed by atoms with Crippen LogP contribution in [0.4, 0.5) is 19.3 Å². The number of carbonyl (C=O) groups is 1. The number of urea groups is 1. The summed E-state index contributed by atoms with van der Waals surface area (Å²) in [5.41, 5.74) is 5.37. The zero-order valence-corrected chi connectivity index (χ0v) is 18.4. The second-order valence-electron chi connectivity index (χ2n) is 8.46. The first-order chi connectivity index (χ1) is 15.9. The maximum Gasteiger partial charge on any atom is 0.322 e. The average Bonchev–Trinajstić information content (AvgIpc) is 3.44. The zero-order chi connectivity index (χ0) is 23.1. The highest BCUT2D eigenvalue weighted by atomic mass is 19.2. The number of hydrogen-bond acceptors (Lipinski definition) is 3. The Morgan fingerprint density at radius 2 is 1.82 bits per heavy atom. The number of aromatic nitrogens is 1. The lowest BCUT2D eigenvalue weighted by atomic mass is 10.1. The zero-order valence-electron chi connectivity index (χ0n) is 18.4. The molecule has 1 atom stereocenters. The monoisotopic (exact) mass is 447 g/mol. The van der Waals surface area contributed by atoms with Crippen LogP contribution in [0, 0.1) is 25.5 Å². The number of nitrogens with zero attached hydrogens (tertiary/aromatic N) is 2. The van der Waals surface area contributed by atoms with Crippen LogP contribution in [0.1, 0.15) is 35.9 Å². The summed E-state index contributed by atoms with van der Waals surface area (Å²) < 4.78 is 32.9. The van der Waals surface area contributed by atoms with E-state index in [0.717, 1.165) is 41.8 Å². The molecule has 3 aromatic carbocycles. The topological polar surface area (TPSA) is 58.4 Å². The molecule has 1 aromatic heterocycles. The first-order valence-electron chi connectivity index (χ1n) is 10.9. The minimum absolute atomic E-state index is 0.186. The molecule has 1 saturated heterocycles. The second-order valence-corrected chi connectivity index (χ2v) is 8.46. The smallest absolute Gasteiger partial charge is 0.322 e. The van der Waals surface area contributed by atoms with Gasteiger partial charge in [-0.05, 0) is 73.7 Å². The van der Waals surface area contributed by atoms with Gasteiger partial charge in [0.1, 0.15) is 11.6 Å². The Labute approximate surface area is 190 Å². The molecule has 0 spiro atoms. The highest BCUT2D eigenvalue weighted by Gasteiger charge is 2.34. The number of likely N-dealkylation sites (tertiary alicyclic amines) is 1. The van der Waals surface area contributed by atoms with Crippen molar-refractivity contribution in [1.29, 1.82) is 0 Å². The van der Waals surface area contributed by atoms with Gasteiger partial charge in [0.05, 0.1) is 0 Å². The Morgan fingerprint density at radius 1 is 1.03 bits per heavy atom. The van der Waals surface area contributed by atoms with Crippen LogP contribution < -0.4 is 5.32 Å². The van der Waals surface area contributed by atoms with Crippen molar-refractivity contribution in [2.24, 2.45) is 0 Å². The number of anilines is 1. The maximum absolute atomic E-state index is 13.7. The van der Waals surface area contributed by atoms with E-state index in [1.807, 2.05) is 32.0 Å². The van der Waals surface area contributed by atoms with Gasteiger partial charge in [0, 0.05) is 12.2 Å². The average molecular weight is 447 g/mol. The molecule has 1 aliphatic heterocycles. The van der Waals surface area contributed by atoms with Gasteiger partial charge in [-0.15, -0.1) is 0 Å². The summed E-state index contributed by atoms with van der Waals surface area (Å²) in [6.07, 6.45) is 1.60. The van der Waals surface area contributed by atoms with Crippen molar-refractivity contribution in [3.8, 4) is 11.1 Å². The summed E-state index contributed by atoms with van der Waals surface area (Å²) in [5.74, 6) is -1.31. The third-order valence-corrected chi connectivity index (χ3v) is 6.08. The fourth-order valence-electron chi connectivity index (χ4n) is 4.35. The minimum Gasteiger partial charge on any atom is -0.438 e. The molecule has 4 aromatic rings. The number of hydrogen-bond donors (Lipinski definition) is 1. The number of rotatable bonds is 3. The summed E-state index contributed by atoms with van der Waals surface area (Å²) in [6, 6.07) is 14.6. The number of carbonyl (C=O) groups excluding carboxylic acids is 1. The molecule has 2 amide bonds. The molecule has 1 fully saturated rings. The molecule has 168 valence electrons. The largest absolute Gasteiger partial charge is 0.438 e. The Balaban J connectivity index is 1.40. The van der Waals surface area contributed by atoms with E-state index in [9.17, 15) is 13.6 Å². The molecule has 5 rings (SSSR count). The van der Waals surface area contributed by atoms with Crippen LogP contribution in [0.2, 0.25) is 0 Å². The third-order valence-electron chi connectivity index (χ3n) is 6.08. The lowest BCUT2D eigenvalue weighted by molar-refractivity contribution is 0.199. The Morgan fingerprint density at radius 3 is 2.61 bits per heavy atom. The normalized spacial score (nSPS) is 15.9. The lowest BCUT2D eigenvalue weighted by Crippen LogP contribution is -2.34. The SMILES string of the molecule is Cc1ccc(NC(=O)N2CCCC2c2nc3cc(-c4ccc(F)c(F)c4)ccc3o2)c(C)c1. The highest BCUT2D eigenvalue weighted by molar-refractivity contribution is 5.90. The number of amides is 2. The van der Waals surface area contributed by atoms with Crippen molar-refractivity contribution >= 4 is 22.8 Å². The molecule has 0 radical (unpaired) electrons. The predicted octanol–water partition coefficient (Wildman–Crippen LogP) is 6.76. The van der Waals surface area contributed by atoms with Gasteiger partial charge in [-0.25, -0.2) is 18.6 Å². The van der Waals surface area contributed by atoms with Gasteiger partial charge in [-0.3, -0.25) is 0 Å². The van der Waals surface area contributed by atoms with Crippen molar-refractivity contribution in [3.05, 3.63) is 83.2 Å². The van der Waals surface area contributed by atoms with E-state index >= 15 is 0 Å². The van der Waals surface area contributed by atoms with Crippen molar-refractivity contribution < 1.29 is 18.0 Å². The van der Waals surface area contributed by atoms with Gasteiger partial charge in [-0.2, -0.15) is 0 Å². The van der Waals surface area contributed by atoms with E-state index in [4.69, 9.17) is 4.42 Å². The van der Waals surface area contributed by atoms with Crippen LogP contribution in [0.3, 0.4) is 0 Å². The van der Waals surface area contributed by atoms with Gasteiger partial charge in [0.25, 0.3) is 0 Å². The van der Waals surface area contributed by atoms with Gasteiger partial charge >= 0.3 is 6.03 Å². The van der Waals surface area contributed by atoms with E-state index in [0.29, 0.717) is 34.7 Å². The van der Waals surface area contributed by atoms with Crippen molar-refractivity contribution in [2.75, 3.05) is 11.9 Å². The molecule has 0 bridgehead atoms. The molecule has 7 heteroatoms. The quantitative estimate of drug-likeness (QED) is 0.378. The lowest BCUT2D eigenvalue weighted by Gasteiger charge is -2.23. The summed E-state index contributed by atoms with van der Waals surface area (Å²) in [5, 5.41) is 3.00. The van der Waals surface area contributed by atoms with Crippen molar-refractivity contribution in [2.45, 2.75) is 32.7 Å². The van der Waals surface area contributed by atoms with Crippen LogP contribution in [0.25, 0.3) is 22.2 Å².